The van der Waals surface area contributed by atoms with Crippen LogP contribution in [0.15, 0.2) is 29.1 Å². The number of hydrogen-bond acceptors (Lipinski definition) is 5. The van der Waals surface area contributed by atoms with Gasteiger partial charge in [-0.25, -0.2) is 9.48 Å². The molecular formula is C19H23N5O2S. The van der Waals surface area contributed by atoms with Gasteiger partial charge in [-0.15, -0.1) is 11.8 Å². The van der Waals surface area contributed by atoms with Crippen molar-refractivity contribution >= 4 is 17.7 Å². The Morgan fingerprint density at radius 1 is 1.30 bits per heavy atom. The smallest absolute Gasteiger partial charge is 0.345 e. The molecular weight excluding hydrogens is 362 g/mol. The molecule has 0 saturated heterocycles. The van der Waals surface area contributed by atoms with E-state index in [-0.39, 0.29) is 11.6 Å². The minimum absolute atomic E-state index is 0.00914. The van der Waals surface area contributed by atoms with Crippen LogP contribution in [-0.4, -0.2) is 32.6 Å². The Morgan fingerprint density at radius 2 is 2.11 bits per heavy atom. The Labute approximate surface area is 162 Å². The van der Waals surface area contributed by atoms with Crippen molar-refractivity contribution in [1.29, 1.82) is 5.26 Å². The van der Waals surface area contributed by atoms with Gasteiger partial charge in [-0.05, 0) is 37.0 Å². The summed E-state index contributed by atoms with van der Waals surface area (Å²) >= 11 is 1.54. The SMILES string of the molecule is N#Cc1ccc(CSCC(=O)NCCCn2nc3n(c2=O)CCCC3)cc1. The van der Waals surface area contributed by atoms with Crippen molar-refractivity contribution in [3.05, 3.63) is 51.7 Å². The molecule has 1 aromatic carbocycles. The van der Waals surface area contributed by atoms with Crippen molar-refractivity contribution < 1.29 is 4.79 Å². The molecule has 1 aliphatic rings. The van der Waals surface area contributed by atoms with Crippen LogP contribution in [0.5, 0.6) is 0 Å². The number of amides is 1. The first-order valence-electron chi connectivity index (χ1n) is 9.17. The normalized spacial score (nSPS) is 13.0. The Hall–Kier alpha value is -2.53. The van der Waals surface area contributed by atoms with Crippen molar-refractivity contribution in [2.75, 3.05) is 12.3 Å². The summed E-state index contributed by atoms with van der Waals surface area (Å²) in [5.74, 6) is 1.99. The predicted octanol–water partition coefficient (Wildman–Crippen LogP) is 1.69. The van der Waals surface area contributed by atoms with Gasteiger partial charge in [-0.1, -0.05) is 12.1 Å². The Morgan fingerprint density at radius 3 is 2.85 bits per heavy atom. The van der Waals surface area contributed by atoms with E-state index in [4.69, 9.17) is 5.26 Å². The van der Waals surface area contributed by atoms with Crippen molar-refractivity contribution in [3.8, 4) is 6.07 Å². The fourth-order valence-corrected chi connectivity index (χ4v) is 3.86. The van der Waals surface area contributed by atoms with Crippen molar-refractivity contribution in [1.82, 2.24) is 19.7 Å². The van der Waals surface area contributed by atoms with Crippen LogP contribution in [0.2, 0.25) is 0 Å². The van der Waals surface area contributed by atoms with Gasteiger partial charge in [-0.3, -0.25) is 9.36 Å². The number of carbonyl (C=O) groups excluding carboxylic acids is 1. The number of fused-ring (bicyclic) bond motifs is 1. The number of nitrogens with one attached hydrogen (secondary N) is 1. The highest BCUT2D eigenvalue weighted by molar-refractivity contribution is 7.99. The number of thioether (sulfide) groups is 1. The minimum atomic E-state index is -0.0333. The summed E-state index contributed by atoms with van der Waals surface area (Å²) < 4.78 is 3.29. The molecule has 0 atom stereocenters. The van der Waals surface area contributed by atoms with Crippen LogP contribution in [0.4, 0.5) is 0 Å². The molecule has 1 aliphatic heterocycles. The first kappa shape index (κ1) is 19.2. The summed E-state index contributed by atoms with van der Waals surface area (Å²) in [6.45, 7) is 1.82. The first-order valence-corrected chi connectivity index (χ1v) is 10.3. The van der Waals surface area contributed by atoms with Crippen LogP contribution < -0.4 is 11.0 Å². The maximum Gasteiger partial charge on any atom is 0.345 e. The third kappa shape index (κ3) is 5.23. The molecule has 2 aromatic rings. The lowest BCUT2D eigenvalue weighted by atomic mass is 10.2. The summed E-state index contributed by atoms with van der Waals surface area (Å²) in [5.41, 5.74) is 1.70. The molecule has 0 radical (unpaired) electrons. The largest absolute Gasteiger partial charge is 0.355 e. The van der Waals surface area contributed by atoms with Crippen LogP contribution >= 0.6 is 11.8 Å². The van der Waals surface area contributed by atoms with E-state index in [2.05, 4.69) is 16.5 Å². The Bertz CT molecular complexity index is 879. The monoisotopic (exact) mass is 385 g/mol. The topological polar surface area (TPSA) is 92.7 Å². The summed E-state index contributed by atoms with van der Waals surface area (Å²) in [5, 5.41) is 16.1. The molecule has 0 unspecified atom stereocenters. The second-order valence-electron chi connectivity index (χ2n) is 6.54. The minimum Gasteiger partial charge on any atom is -0.355 e. The highest BCUT2D eigenvalue weighted by atomic mass is 32.2. The molecule has 8 heteroatoms. The summed E-state index contributed by atoms with van der Waals surface area (Å²) in [6.07, 6.45) is 3.68. The molecule has 1 amide bonds. The summed E-state index contributed by atoms with van der Waals surface area (Å²) in [6, 6.07) is 9.47. The van der Waals surface area contributed by atoms with Crippen molar-refractivity contribution in [3.63, 3.8) is 0 Å². The Kier molecular flexibility index (Phi) is 6.71. The molecule has 0 aliphatic carbocycles. The van der Waals surface area contributed by atoms with Crippen molar-refractivity contribution in [2.45, 2.75) is 44.5 Å². The van der Waals surface area contributed by atoms with Crippen LogP contribution in [0, 0.1) is 11.3 Å². The van der Waals surface area contributed by atoms with E-state index < -0.39 is 0 Å². The van der Waals surface area contributed by atoms with E-state index in [1.165, 1.54) is 16.4 Å². The van der Waals surface area contributed by atoms with Gasteiger partial charge >= 0.3 is 5.69 Å². The lowest BCUT2D eigenvalue weighted by Crippen LogP contribution is -2.30. The zero-order chi connectivity index (χ0) is 19.1. The third-order valence-electron chi connectivity index (χ3n) is 4.49. The maximum absolute atomic E-state index is 12.2. The molecule has 0 spiro atoms. The highest BCUT2D eigenvalue weighted by Gasteiger charge is 2.16. The fraction of sp³-hybridized carbons (Fsp3) is 0.474. The number of nitrogens with zero attached hydrogens (tertiary/aromatic N) is 4. The maximum atomic E-state index is 12.2. The second-order valence-corrected chi connectivity index (χ2v) is 7.52. The van der Waals surface area contributed by atoms with Gasteiger partial charge in [0.2, 0.25) is 5.91 Å². The van der Waals surface area contributed by atoms with E-state index in [1.54, 1.807) is 16.7 Å². The molecule has 1 aromatic heterocycles. The number of nitriles is 1. The van der Waals surface area contributed by atoms with E-state index >= 15 is 0 Å². The fourth-order valence-electron chi connectivity index (χ4n) is 3.04. The van der Waals surface area contributed by atoms with Gasteiger partial charge in [0.05, 0.1) is 17.4 Å². The average molecular weight is 385 g/mol. The molecule has 2 heterocycles. The molecule has 0 bridgehead atoms. The van der Waals surface area contributed by atoms with Crippen LogP contribution in [0.1, 0.15) is 36.2 Å². The van der Waals surface area contributed by atoms with Gasteiger partial charge in [0.25, 0.3) is 0 Å². The number of aromatic nitrogens is 3. The number of benzene rings is 1. The lowest BCUT2D eigenvalue weighted by molar-refractivity contribution is -0.118. The zero-order valence-electron chi connectivity index (χ0n) is 15.2. The molecule has 1 N–H and O–H groups in total. The molecule has 0 fully saturated rings. The van der Waals surface area contributed by atoms with E-state index in [1.807, 2.05) is 12.1 Å². The Balaban J connectivity index is 1.33. The molecule has 0 saturated carbocycles. The van der Waals surface area contributed by atoms with Gasteiger partial charge in [-0.2, -0.15) is 10.4 Å². The van der Waals surface area contributed by atoms with E-state index in [9.17, 15) is 9.59 Å². The first-order chi connectivity index (χ1) is 13.2. The summed E-state index contributed by atoms with van der Waals surface area (Å²) in [4.78, 5) is 24.1. The predicted molar refractivity (Wildman–Crippen MR) is 104 cm³/mol. The number of hydrogen-bond donors (Lipinski definition) is 1. The van der Waals surface area contributed by atoms with Crippen LogP contribution in [-0.2, 0) is 30.1 Å². The number of aryl methyl sites for hydroxylation is 2. The van der Waals surface area contributed by atoms with Gasteiger partial charge in [0.1, 0.15) is 5.82 Å². The molecule has 7 nitrogen and oxygen atoms in total. The average Bonchev–Trinajstić information content (AvgIpc) is 3.02. The number of rotatable bonds is 8. The van der Waals surface area contributed by atoms with Crippen LogP contribution in [0.25, 0.3) is 0 Å². The second kappa shape index (κ2) is 9.42. The van der Waals surface area contributed by atoms with Gasteiger partial charge in [0.15, 0.2) is 0 Å². The quantitative estimate of drug-likeness (QED) is 0.698. The molecule has 142 valence electrons. The van der Waals surface area contributed by atoms with Crippen LogP contribution in [0.3, 0.4) is 0 Å². The lowest BCUT2D eigenvalue weighted by Gasteiger charge is -2.09. The number of carbonyl (C=O) groups is 1. The highest BCUT2D eigenvalue weighted by Crippen LogP contribution is 2.13. The van der Waals surface area contributed by atoms with Gasteiger partial charge < -0.3 is 5.32 Å². The van der Waals surface area contributed by atoms with Gasteiger partial charge in [0, 0.05) is 31.8 Å². The molecule has 27 heavy (non-hydrogen) atoms. The third-order valence-corrected chi connectivity index (χ3v) is 5.49. The zero-order valence-corrected chi connectivity index (χ0v) is 16.0. The van der Waals surface area contributed by atoms with E-state index in [0.717, 1.165) is 42.9 Å². The summed E-state index contributed by atoms with van der Waals surface area (Å²) in [7, 11) is 0. The standard InChI is InChI=1S/C19H23N5O2S/c20-12-15-5-7-16(8-6-15)13-27-14-18(25)21-9-3-11-24-19(26)23-10-2-1-4-17(23)22-24/h5-8H,1-4,9-11,13-14H2,(H,21,25). The van der Waals surface area contributed by atoms with E-state index in [0.29, 0.717) is 30.8 Å². The van der Waals surface area contributed by atoms with Crippen molar-refractivity contribution in [2.24, 2.45) is 0 Å². The molecule has 3 rings (SSSR count).